The smallest absolute Gasteiger partial charge is 0.462 e. The van der Waals surface area contributed by atoms with Gasteiger partial charge in [0.25, 0.3) is 0 Å². The second-order valence-electron chi connectivity index (χ2n) is 18.0. The van der Waals surface area contributed by atoms with Gasteiger partial charge >= 0.3 is 25.7 Å². The van der Waals surface area contributed by atoms with Crippen LogP contribution in [0.5, 0.6) is 0 Å². The van der Waals surface area contributed by atoms with Crippen molar-refractivity contribution in [3.63, 3.8) is 0 Å². The molecule has 0 rings (SSSR count). The number of aliphatic hydroxyl groups is 1. The summed E-state index contributed by atoms with van der Waals surface area (Å²) in [5.41, 5.74) is 0. The molecule has 12 heteroatoms. The number of carbonyl (C=O) groups excluding carboxylic acids is 3. The molecule has 2 N–H and O–H groups in total. The van der Waals surface area contributed by atoms with Crippen molar-refractivity contribution in [2.75, 3.05) is 26.4 Å². The molecular weight excluding hydrogens is 904 g/mol. The maximum atomic E-state index is 12.9. The van der Waals surface area contributed by atoms with Crippen LogP contribution >= 0.6 is 7.82 Å². The van der Waals surface area contributed by atoms with Crippen LogP contribution in [0.25, 0.3) is 0 Å². The van der Waals surface area contributed by atoms with Gasteiger partial charge in [-0.25, -0.2) is 4.57 Å². The Morgan fingerprint density at radius 1 is 0.414 bits per heavy atom. The summed E-state index contributed by atoms with van der Waals surface area (Å²) in [5, 5.41) is 9.78. The van der Waals surface area contributed by atoms with E-state index in [-0.39, 0.29) is 25.9 Å². The minimum absolute atomic E-state index is 0.123. The Labute approximate surface area is 426 Å². The molecule has 0 saturated carbocycles. The fraction of sp³-hybridized carbons (Fsp3) is 0.707. The lowest BCUT2D eigenvalue weighted by atomic mass is 10.1. The fourth-order valence-corrected chi connectivity index (χ4v) is 7.91. The molecule has 0 bridgehead atoms. The van der Waals surface area contributed by atoms with E-state index in [1.807, 2.05) is 0 Å². The number of ether oxygens (including phenoxy) is 3. The first kappa shape index (κ1) is 66.7. The highest BCUT2D eigenvalue weighted by Gasteiger charge is 2.28. The molecule has 402 valence electrons. The molecule has 0 fully saturated rings. The summed E-state index contributed by atoms with van der Waals surface area (Å²) in [6.45, 7) is 4.39. The van der Waals surface area contributed by atoms with Gasteiger partial charge < -0.3 is 24.2 Å². The number of carbonyl (C=O) groups is 3. The highest BCUT2D eigenvalue weighted by Crippen LogP contribution is 2.43. The Morgan fingerprint density at radius 2 is 0.771 bits per heavy atom. The predicted octanol–water partition coefficient (Wildman–Crippen LogP) is 15.9. The molecule has 3 unspecified atom stereocenters. The van der Waals surface area contributed by atoms with Crippen LogP contribution in [0.3, 0.4) is 0 Å². The number of aliphatic hydroxyl groups excluding tert-OH is 1. The van der Waals surface area contributed by atoms with E-state index in [9.17, 15) is 28.9 Å². The number of phosphoric acid groups is 1. The average Bonchev–Trinajstić information content (AvgIpc) is 3.35. The minimum atomic E-state index is -4.76. The van der Waals surface area contributed by atoms with Gasteiger partial charge in [0, 0.05) is 19.3 Å². The highest BCUT2D eigenvalue weighted by atomic mass is 31.2. The Bertz CT molecular complexity index is 1500. The van der Waals surface area contributed by atoms with Crippen molar-refractivity contribution < 1.29 is 52.2 Å². The zero-order valence-electron chi connectivity index (χ0n) is 44.2. The summed E-state index contributed by atoms with van der Waals surface area (Å²) in [6.07, 6.45) is 58.3. The van der Waals surface area contributed by atoms with E-state index >= 15 is 0 Å². The third kappa shape index (κ3) is 49.6. The number of allylic oxidation sites excluding steroid dienone is 14. The molecule has 0 radical (unpaired) electrons. The number of esters is 3. The molecule has 0 aliphatic rings. The van der Waals surface area contributed by atoms with Gasteiger partial charge in [0.2, 0.25) is 0 Å². The van der Waals surface area contributed by atoms with Gasteiger partial charge in [-0.05, 0) is 89.9 Å². The Morgan fingerprint density at radius 3 is 1.21 bits per heavy atom. The van der Waals surface area contributed by atoms with Gasteiger partial charge in [0.1, 0.15) is 12.7 Å². The second-order valence-corrected chi connectivity index (χ2v) is 19.5. The van der Waals surface area contributed by atoms with Crippen molar-refractivity contribution >= 4 is 25.7 Å². The molecule has 0 heterocycles. The molecule has 11 nitrogen and oxygen atoms in total. The van der Waals surface area contributed by atoms with Crippen LogP contribution in [0.15, 0.2) is 85.1 Å². The lowest BCUT2D eigenvalue weighted by Gasteiger charge is -2.21. The standard InChI is InChI=1S/C58H99O11P/c1-4-7-10-13-16-19-22-24-25-26-27-28-29-31-34-37-40-43-46-49-58(62)69-55(51-65-56(60)47-44-41-38-35-33-30-23-20-17-14-11-8-5-2)53-67-70(63,64)66-52-54(50-59)68-57(61)48-45-42-39-36-32-21-18-15-12-9-6-3/h7,10-11,14,16,19-20,23-25,27-28,31,34,54-55,59H,4-6,8-9,12-13,15,17-18,21-22,26,29-30,32-33,35-53H2,1-3H3,(H,63,64)/b10-7-,14-11-,19-16-,23-20-,25-24-,28-27-,34-31-. The Balaban J connectivity index is 4.82. The maximum absolute atomic E-state index is 12.9. The molecule has 0 aliphatic heterocycles. The lowest BCUT2D eigenvalue weighted by molar-refractivity contribution is -0.161. The molecule has 3 atom stereocenters. The van der Waals surface area contributed by atoms with E-state index in [4.69, 9.17) is 23.3 Å². The quantitative estimate of drug-likeness (QED) is 0.0197. The van der Waals surface area contributed by atoms with Crippen molar-refractivity contribution in [1.82, 2.24) is 0 Å². The molecule has 0 aromatic rings. The molecule has 0 aromatic heterocycles. The van der Waals surface area contributed by atoms with Crippen LogP contribution in [0.2, 0.25) is 0 Å². The molecular formula is C58H99O11P. The number of hydrogen-bond acceptors (Lipinski definition) is 10. The van der Waals surface area contributed by atoms with E-state index in [1.165, 1.54) is 44.9 Å². The number of unbranched alkanes of at least 4 members (excludes halogenated alkanes) is 19. The van der Waals surface area contributed by atoms with E-state index in [0.717, 1.165) is 122 Å². The van der Waals surface area contributed by atoms with Gasteiger partial charge in [-0.1, -0.05) is 202 Å². The zero-order chi connectivity index (χ0) is 51.3. The molecule has 70 heavy (non-hydrogen) atoms. The van der Waals surface area contributed by atoms with Gasteiger partial charge in [0.15, 0.2) is 6.10 Å². The summed E-state index contributed by atoms with van der Waals surface area (Å²) in [4.78, 5) is 48.4. The largest absolute Gasteiger partial charge is 0.472 e. The molecule has 0 aliphatic carbocycles. The van der Waals surface area contributed by atoms with Crippen LogP contribution in [0.4, 0.5) is 0 Å². The summed E-state index contributed by atoms with van der Waals surface area (Å²) in [6, 6.07) is 0. The van der Waals surface area contributed by atoms with Crippen LogP contribution in [-0.4, -0.2) is 66.5 Å². The highest BCUT2D eigenvalue weighted by molar-refractivity contribution is 7.47. The zero-order valence-corrected chi connectivity index (χ0v) is 45.1. The van der Waals surface area contributed by atoms with Gasteiger partial charge in [-0.2, -0.15) is 0 Å². The monoisotopic (exact) mass is 1000 g/mol. The summed E-state index contributed by atoms with van der Waals surface area (Å²) < 4.78 is 39.4. The van der Waals surface area contributed by atoms with Crippen molar-refractivity contribution in [2.45, 2.75) is 238 Å². The van der Waals surface area contributed by atoms with E-state index in [0.29, 0.717) is 19.3 Å². The first-order valence-corrected chi connectivity index (χ1v) is 29.0. The first-order valence-electron chi connectivity index (χ1n) is 27.5. The number of rotatable bonds is 50. The van der Waals surface area contributed by atoms with Gasteiger partial charge in [-0.15, -0.1) is 0 Å². The summed E-state index contributed by atoms with van der Waals surface area (Å²) in [5.74, 6) is -1.52. The van der Waals surface area contributed by atoms with Crippen molar-refractivity contribution in [3.8, 4) is 0 Å². The second kappa shape index (κ2) is 52.0. The van der Waals surface area contributed by atoms with Gasteiger partial charge in [-0.3, -0.25) is 23.4 Å². The van der Waals surface area contributed by atoms with Crippen LogP contribution < -0.4 is 0 Å². The number of hydrogen-bond donors (Lipinski definition) is 2. The molecule has 0 spiro atoms. The lowest BCUT2D eigenvalue weighted by Crippen LogP contribution is -2.30. The third-order valence-corrected chi connectivity index (χ3v) is 12.2. The van der Waals surface area contributed by atoms with Crippen LogP contribution in [0.1, 0.15) is 226 Å². The predicted molar refractivity (Wildman–Crippen MR) is 288 cm³/mol. The van der Waals surface area contributed by atoms with Crippen molar-refractivity contribution in [1.29, 1.82) is 0 Å². The molecule has 0 amide bonds. The number of phosphoric ester groups is 1. The summed E-state index contributed by atoms with van der Waals surface area (Å²) >= 11 is 0. The first-order chi connectivity index (χ1) is 34.2. The van der Waals surface area contributed by atoms with Gasteiger partial charge in [0.05, 0.1) is 19.8 Å². The van der Waals surface area contributed by atoms with Crippen LogP contribution in [0, 0.1) is 0 Å². The van der Waals surface area contributed by atoms with Crippen LogP contribution in [-0.2, 0) is 42.2 Å². The van der Waals surface area contributed by atoms with Crippen molar-refractivity contribution in [2.24, 2.45) is 0 Å². The van der Waals surface area contributed by atoms with E-state index < -0.39 is 57.8 Å². The molecule has 0 saturated heterocycles. The SMILES string of the molecule is CC/C=C\C/C=C\C/C=C\C/C=C\C/C=C\CCCCCC(=O)OC(COC(=O)CCCCCCC/C=C\C/C=C\CCC)COP(=O)(O)OCC(CO)OC(=O)CCCCCCCCCCCCC. The topological polar surface area (TPSA) is 155 Å². The van der Waals surface area contributed by atoms with Crippen molar-refractivity contribution in [3.05, 3.63) is 85.1 Å². The Hall–Kier alpha value is -3.34. The fourth-order valence-electron chi connectivity index (χ4n) is 7.13. The maximum Gasteiger partial charge on any atom is 0.472 e. The van der Waals surface area contributed by atoms with E-state index in [1.54, 1.807) is 0 Å². The average molecular weight is 1000 g/mol. The normalized spacial score (nSPS) is 14.1. The minimum Gasteiger partial charge on any atom is -0.462 e. The van der Waals surface area contributed by atoms with E-state index in [2.05, 4.69) is 106 Å². The third-order valence-electron chi connectivity index (χ3n) is 11.3. The molecule has 0 aromatic carbocycles. The Kier molecular flexibility index (Phi) is 49.5. The summed E-state index contributed by atoms with van der Waals surface area (Å²) in [7, 11) is -4.76.